The van der Waals surface area contributed by atoms with Gasteiger partial charge in [0.2, 0.25) is 0 Å². The summed E-state index contributed by atoms with van der Waals surface area (Å²) >= 11 is 0. The number of aromatic nitrogens is 1. The highest BCUT2D eigenvalue weighted by Crippen LogP contribution is 2.33. The molecule has 0 amide bonds. The Labute approximate surface area is 97.7 Å². The molecule has 3 heteroatoms. The fourth-order valence-corrected chi connectivity index (χ4v) is 2.73. The van der Waals surface area contributed by atoms with E-state index in [0.29, 0.717) is 12.0 Å². The molecule has 0 spiro atoms. The zero-order valence-electron chi connectivity index (χ0n) is 9.97. The van der Waals surface area contributed by atoms with Gasteiger partial charge in [-0.3, -0.25) is 9.88 Å². The molecule has 0 radical (unpaired) electrons. The van der Waals surface area contributed by atoms with Crippen molar-refractivity contribution < 1.29 is 0 Å². The molecule has 0 aliphatic carbocycles. The number of nitrogens with zero attached hydrogens (tertiary/aromatic N) is 2. The Kier molecular flexibility index (Phi) is 3.91. The standard InChI is InChI=1S/C13H21N3/c1-2-16-9-5-6-11(10-14)13(16)12-7-3-4-8-15-12/h3-4,7-8,11,13H,2,5-6,9-10,14H2,1H3. The van der Waals surface area contributed by atoms with Gasteiger partial charge in [-0.25, -0.2) is 0 Å². The zero-order valence-corrected chi connectivity index (χ0v) is 9.97. The number of nitrogens with two attached hydrogens (primary N) is 1. The topological polar surface area (TPSA) is 42.1 Å². The Morgan fingerprint density at radius 2 is 2.38 bits per heavy atom. The molecule has 1 saturated heterocycles. The van der Waals surface area contributed by atoms with Crippen LogP contribution in [-0.2, 0) is 0 Å². The van der Waals surface area contributed by atoms with Gasteiger partial charge in [-0.05, 0) is 50.5 Å². The lowest BCUT2D eigenvalue weighted by Crippen LogP contribution is -2.41. The van der Waals surface area contributed by atoms with E-state index in [0.717, 1.165) is 13.1 Å². The molecule has 2 heterocycles. The first-order valence-electron chi connectivity index (χ1n) is 6.21. The van der Waals surface area contributed by atoms with Crippen LogP contribution >= 0.6 is 0 Å². The highest BCUT2D eigenvalue weighted by molar-refractivity contribution is 5.11. The maximum atomic E-state index is 5.89. The van der Waals surface area contributed by atoms with E-state index in [9.17, 15) is 0 Å². The van der Waals surface area contributed by atoms with Crippen LogP contribution in [0.2, 0.25) is 0 Å². The van der Waals surface area contributed by atoms with Gasteiger partial charge in [-0.2, -0.15) is 0 Å². The van der Waals surface area contributed by atoms with Crippen LogP contribution in [0.5, 0.6) is 0 Å². The number of likely N-dealkylation sites (tertiary alicyclic amines) is 1. The number of hydrogen-bond donors (Lipinski definition) is 1. The molecule has 0 saturated carbocycles. The minimum Gasteiger partial charge on any atom is -0.330 e. The van der Waals surface area contributed by atoms with Crippen LogP contribution in [0.1, 0.15) is 31.5 Å². The van der Waals surface area contributed by atoms with Gasteiger partial charge in [0.15, 0.2) is 0 Å². The van der Waals surface area contributed by atoms with Crippen LogP contribution in [0.15, 0.2) is 24.4 Å². The Balaban J connectivity index is 2.24. The summed E-state index contributed by atoms with van der Waals surface area (Å²) in [7, 11) is 0. The summed E-state index contributed by atoms with van der Waals surface area (Å²) in [5.74, 6) is 0.559. The van der Waals surface area contributed by atoms with Crippen molar-refractivity contribution in [3.63, 3.8) is 0 Å². The minimum absolute atomic E-state index is 0.421. The highest BCUT2D eigenvalue weighted by atomic mass is 15.2. The molecule has 2 N–H and O–H groups in total. The third kappa shape index (κ3) is 2.25. The quantitative estimate of drug-likeness (QED) is 0.843. The second-order valence-corrected chi connectivity index (χ2v) is 4.47. The molecule has 1 aliphatic rings. The lowest BCUT2D eigenvalue weighted by atomic mass is 9.87. The molecule has 1 fully saturated rings. The largest absolute Gasteiger partial charge is 0.330 e. The predicted octanol–water partition coefficient (Wildman–Crippen LogP) is 1.81. The third-order valence-electron chi connectivity index (χ3n) is 3.56. The van der Waals surface area contributed by atoms with E-state index in [1.165, 1.54) is 25.1 Å². The van der Waals surface area contributed by atoms with Gasteiger partial charge in [-0.1, -0.05) is 13.0 Å². The van der Waals surface area contributed by atoms with Crippen molar-refractivity contribution in [1.29, 1.82) is 0 Å². The fourth-order valence-electron chi connectivity index (χ4n) is 2.73. The third-order valence-corrected chi connectivity index (χ3v) is 3.56. The smallest absolute Gasteiger partial charge is 0.0578 e. The average Bonchev–Trinajstić information content (AvgIpc) is 2.38. The molecule has 88 valence electrons. The second-order valence-electron chi connectivity index (χ2n) is 4.47. The van der Waals surface area contributed by atoms with Crippen molar-refractivity contribution in [2.75, 3.05) is 19.6 Å². The van der Waals surface area contributed by atoms with Gasteiger partial charge in [0.25, 0.3) is 0 Å². The molecule has 2 atom stereocenters. The molecular weight excluding hydrogens is 198 g/mol. The molecule has 2 unspecified atom stereocenters. The van der Waals surface area contributed by atoms with Crippen molar-refractivity contribution in [2.24, 2.45) is 11.7 Å². The molecule has 2 rings (SSSR count). The van der Waals surface area contributed by atoms with Crippen LogP contribution < -0.4 is 5.73 Å². The van der Waals surface area contributed by atoms with Crippen LogP contribution in [0.3, 0.4) is 0 Å². The molecule has 1 aromatic heterocycles. The van der Waals surface area contributed by atoms with Crippen molar-refractivity contribution in [3.8, 4) is 0 Å². The van der Waals surface area contributed by atoms with Crippen LogP contribution in [0, 0.1) is 5.92 Å². The van der Waals surface area contributed by atoms with Crippen LogP contribution in [-0.4, -0.2) is 29.5 Å². The van der Waals surface area contributed by atoms with Gasteiger partial charge in [0.1, 0.15) is 0 Å². The number of rotatable bonds is 3. The average molecular weight is 219 g/mol. The molecular formula is C13H21N3. The maximum absolute atomic E-state index is 5.89. The first kappa shape index (κ1) is 11.6. The molecule has 3 nitrogen and oxygen atoms in total. The lowest BCUT2D eigenvalue weighted by Gasteiger charge is -2.40. The molecule has 1 aliphatic heterocycles. The number of hydrogen-bond acceptors (Lipinski definition) is 3. The summed E-state index contributed by atoms with van der Waals surface area (Å²) in [5.41, 5.74) is 7.07. The minimum atomic E-state index is 0.421. The summed E-state index contributed by atoms with van der Waals surface area (Å²) in [4.78, 5) is 7.00. The Morgan fingerprint density at radius 3 is 3.00 bits per heavy atom. The summed E-state index contributed by atoms with van der Waals surface area (Å²) in [5, 5.41) is 0. The van der Waals surface area contributed by atoms with E-state index in [-0.39, 0.29) is 0 Å². The van der Waals surface area contributed by atoms with E-state index < -0.39 is 0 Å². The van der Waals surface area contributed by atoms with Gasteiger partial charge >= 0.3 is 0 Å². The van der Waals surface area contributed by atoms with E-state index in [4.69, 9.17) is 5.73 Å². The summed E-state index contributed by atoms with van der Waals surface area (Å²) < 4.78 is 0. The van der Waals surface area contributed by atoms with Gasteiger partial charge < -0.3 is 5.73 Å². The van der Waals surface area contributed by atoms with Gasteiger partial charge in [0.05, 0.1) is 11.7 Å². The highest BCUT2D eigenvalue weighted by Gasteiger charge is 2.31. The molecule has 0 bridgehead atoms. The van der Waals surface area contributed by atoms with Crippen LogP contribution in [0.25, 0.3) is 0 Å². The van der Waals surface area contributed by atoms with Crippen molar-refractivity contribution in [1.82, 2.24) is 9.88 Å². The Morgan fingerprint density at radius 1 is 1.50 bits per heavy atom. The second kappa shape index (κ2) is 5.41. The normalized spacial score (nSPS) is 26.9. The maximum Gasteiger partial charge on any atom is 0.0578 e. The Bertz CT molecular complexity index is 300. The SMILES string of the molecule is CCN1CCCC(CN)C1c1ccccn1. The first-order chi connectivity index (χ1) is 7.86. The summed E-state index contributed by atoms with van der Waals surface area (Å²) in [6.45, 7) is 5.23. The Hall–Kier alpha value is -0.930. The molecule has 0 aromatic carbocycles. The van der Waals surface area contributed by atoms with E-state index in [2.05, 4.69) is 28.9 Å². The van der Waals surface area contributed by atoms with E-state index in [1.807, 2.05) is 12.3 Å². The monoisotopic (exact) mass is 219 g/mol. The first-order valence-corrected chi connectivity index (χ1v) is 6.21. The van der Waals surface area contributed by atoms with E-state index >= 15 is 0 Å². The zero-order chi connectivity index (χ0) is 11.4. The molecule has 16 heavy (non-hydrogen) atoms. The van der Waals surface area contributed by atoms with Crippen molar-refractivity contribution in [3.05, 3.63) is 30.1 Å². The summed E-state index contributed by atoms with van der Waals surface area (Å²) in [6.07, 6.45) is 4.37. The molecule has 1 aromatic rings. The van der Waals surface area contributed by atoms with Crippen LogP contribution in [0.4, 0.5) is 0 Å². The van der Waals surface area contributed by atoms with Gasteiger partial charge in [0, 0.05) is 6.20 Å². The lowest BCUT2D eigenvalue weighted by molar-refractivity contribution is 0.0989. The van der Waals surface area contributed by atoms with Crippen molar-refractivity contribution in [2.45, 2.75) is 25.8 Å². The number of piperidine rings is 1. The predicted molar refractivity (Wildman–Crippen MR) is 66.0 cm³/mol. The summed E-state index contributed by atoms with van der Waals surface area (Å²) in [6, 6.07) is 6.59. The van der Waals surface area contributed by atoms with E-state index in [1.54, 1.807) is 0 Å². The number of pyridine rings is 1. The fraction of sp³-hybridized carbons (Fsp3) is 0.615. The van der Waals surface area contributed by atoms with Gasteiger partial charge in [-0.15, -0.1) is 0 Å². The van der Waals surface area contributed by atoms with Crippen molar-refractivity contribution >= 4 is 0 Å².